The molecule has 0 fully saturated rings. The van der Waals surface area contributed by atoms with Gasteiger partial charge in [0.15, 0.2) is 0 Å². The van der Waals surface area contributed by atoms with Gasteiger partial charge in [0.25, 0.3) is 0 Å². The highest BCUT2D eigenvalue weighted by Gasteiger charge is 2.04. The van der Waals surface area contributed by atoms with Crippen molar-refractivity contribution in [2.45, 2.75) is 6.92 Å². The average Bonchev–Trinajstić information content (AvgIpc) is 2.39. The normalized spacial score (nSPS) is 10.9. The van der Waals surface area contributed by atoms with Crippen LogP contribution >= 0.6 is 15.9 Å². The molecule has 0 bridgehead atoms. The minimum absolute atomic E-state index is 0.170. The van der Waals surface area contributed by atoms with Crippen molar-refractivity contribution in [3.8, 4) is 0 Å². The molecule has 3 heteroatoms. The lowest BCUT2D eigenvalue weighted by Gasteiger charge is -1.96. The van der Waals surface area contributed by atoms with Crippen LogP contribution in [0.5, 0.6) is 0 Å². The van der Waals surface area contributed by atoms with Crippen LogP contribution in [0, 0.1) is 12.7 Å². The Hall–Kier alpha value is -0.830. The van der Waals surface area contributed by atoms with Gasteiger partial charge in [-0.2, -0.15) is 0 Å². The maximum absolute atomic E-state index is 13.0. The van der Waals surface area contributed by atoms with Crippen LogP contribution in [0.2, 0.25) is 0 Å². The fraction of sp³-hybridized carbons (Fsp3) is 0.111. The lowest BCUT2D eigenvalue weighted by Crippen LogP contribution is -1.82. The number of hydrogen-bond acceptors (Lipinski definition) is 0. The van der Waals surface area contributed by atoms with Gasteiger partial charge in [0.05, 0.1) is 10.1 Å². The van der Waals surface area contributed by atoms with Gasteiger partial charge >= 0.3 is 0 Å². The first-order valence-electron chi connectivity index (χ1n) is 3.62. The zero-order valence-corrected chi connectivity index (χ0v) is 8.07. The Labute approximate surface area is 77.7 Å². The van der Waals surface area contributed by atoms with Gasteiger partial charge in [0.1, 0.15) is 5.82 Å². The Morgan fingerprint density at radius 1 is 1.42 bits per heavy atom. The number of aryl methyl sites for hydroxylation is 1. The minimum Gasteiger partial charge on any atom is -0.349 e. The molecule has 0 atom stereocenters. The van der Waals surface area contributed by atoms with E-state index in [0.717, 1.165) is 15.5 Å². The summed E-state index contributed by atoms with van der Waals surface area (Å²) in [5.41, 5.74) is 1.53. The molecule has 0 saturated carbocycles. The number of hydrogen-bond donors (Lipinski definition) is 1. The van der Waals surface area contributed by atoms with Gasteiger partial charge in [-0.05, 0) is 41.1 Å². The molecule has 12 heavy (non-hydrogen) atoms. The molecule has 1 heterocycles. The molecule has 0 aliphatic rings. The summed E-state index contributed by atoms with van der Waals surface area (Å²) in [7, 11) is 0. The summed E-state index contributed by atoms with van der Waals surface area (Å²) >= 11 is 3.31. The molecule has 2 aromatic rings. The topological polar surface area (TPSA) is 15.8 Å². The van der Waals surface area contributed by atoms with Gasteiger partial charge in [0.2, 0.25) is 0 Å². The molecule has 1 nitrogen and oxygen atoms in total. The third-order valence-corrected chi connectivity index (χ3v) is 2.38. The van der Waals surface area contributed by atoms with E-state index < -0.39 is 0 Å². The van der Waals surface area contributed by atoms with E-state index in [0.29, 0.717) is 5.56 Å². The van der Waals surface area contributed by atoms with Crippen molar-refractivity contribution in [2.24, 2.45) is 0 Å². The summed E-state index contributed by atoms with van der Waals surface area (Å²) in [4.78, 5) is 3.04. The van der Waals surface area contributed by atoms with Crippen molar-refractivity contribution in [1.29, 1.82) is 0 Å². The van der Waals surface area contributed by atoms with Crippen LogP contribution in [0.3, 0.4) is 0 Å². The molecule has 0 radical (unpaired) electrons. The van der Waals surface area contributed by atoms with Crippen LogP contribution in [0.15, 0.2) is 22.8 Å². The first-order valence-corrected chi connectivity index (χ1v) is 4.41. The van der Waals surface area contributed by atoms with E-state index >= 15 is 0 Å². The molecule has 1 N–H and O–H groups in total. The second kappa shape index (κ2) is 2.59. The highest BCUT2D eigenvalue weighted by Crippen LogP contribution is 2.23. The number of aromatic nitrogens is 1. The van der Waals surface area contributed by atoms with Crippen LogP contribution in [0.1, 0.15) is 5.56 Å². The van der Waals surface area contributed by atoms with Gasteiger partial charge in [0, 0.05) is 10.9 Å². The molecule has 2 rings (SSSR count). The van der Waals surface area contributed by atoms with Crippen molar-refractivity contribution in [3.63, 3.8) is 0 Å². The summed E-state index contributed by atoms with van der Waals surface area (Å²) in [6, 6.07) is 5.18. The van der Waals surface area contributed by atoms with E-state index in [9.17, 15) is 4.39 Å². The number of halogens is 2. The van der Waals surface area contributed by atoms with Crippen LogP contribution < -0.4 is 0 Å². The maximum Gasteiger partial charge on any atom is 0.128 e. The third-order valence-electron chi connectivity index (χ3n) is 1.96. The SMILES string of the molecule is Cc1c(F)ccc2cc(Br)[nH]c12. The van der Waals surface area contributed by atoms with Crippen molar-refractivity contribution < 1.29 is 4.39 Å². The van der Waals surface area contributed by atoms with Gasteiger partial charge < -0.3 is 4.98 Å². The van der Waals surface area contributed by atoms with Gasteiger partial charge in [-0.1, -0.05) is 0 Å². The molecule has 62 valence electrons. The second-order valence-electron chi connectivity index (χ2n) is 2.75. The summed E-state index contributed by atoms with van der Waals surface area (Å²) in [6.07, 6.45) is 0. The van der Waals surface area contributed by atoms with Crippen LogP contribution in [-0.2, 0) is 0 Å². The second-order valence-corrected chi connectivity index (χ2v) is 3.61. The zero-order valence-electron chi connectivity index (χ0n) is 6.49. The quantitative estimate of drug-likeness (QED) is 0.711. The highest BCUT2D eigenvalue weighted by molar-refractivity contribution is 9.10. The Balaban J connectivity index is 2.89. The lowest BCUT2D eigenvalue weighted by atomic mass is 10.1. The van der Waals surface area contributed by atoms with E-state index in [4.69, 9.17) is 0 Å². The predicted molar refractivity (Wildman–Crippen MR) is 50.7 cm³/mol. The number of nitrogens with one attached hydrogen (secondary N) is 1. The molecule has 1 aromatic carbocycles. The van der Waals surface area contributed by atoms with Crippen molar-refractivity contribution in [1.82, 2.24) is 4.98 Å². The molecule has 0 spiro atoms. The summed E-state index contributed by atoms with van der Waals surface area (Å²) in [5.74, 6) is -0.170. The number of H-pyrrole nitrogens is 1. The van der Waals surface area contributed by atoms with Crippen molar-refractivity contribution >= 4 is 26.8 Å². The fourth-order valence-corrected chi connectivity index (χ4v) is 1.73. The molecule has 0 amide bonds. The molecular weight excluding hydrogens is 221 g/mol. The largest absolute Gasteiger partial charge is 0.349 e. The summed E-state index contributed by atoms with van der Waals surface area (Å²) < 4.78 is 13.9. The van der Waals surface area contributed by atoms with Gasteiger partial charge in [-0.15, -0.1) is 0 Å². The lowest BCUT2D eigenvalue weighted by molar-refractivity contribution is 0.620. The van der Waals surface area contributed by atoms with E-state index in [1.54, 1.807) is 13.0 Å². The first kappa shape index (κ1) is 7.80. The third kappa shape index (κ3) is 1.05. The molecule has 0 saturated heterocycles. The Kier molecular flexibility index (Phi) is 1.68. The predicted octanol–water partition coefficient (Wildman–Crippen LogP) is 3.38. The zero-order chi connectivity index (χ0) is 8.72. The monoisotopic (exact) mass is 227 g/mol. The molecular formula is C9H7BrFN. The van der Waals surface area contributed by atoms with E-state index in [1.165, 1.54) is 6.07 Å². The Bertz CT molecular complexity index is 433. The molecule has 0 unspecified atom stereocenters. The molecule has 0 aliphatic carbocycles. The van der Waals surface area contributed by atoms with Crippen LogP contribution in [-0.4, -0.2) is 4.98 Å². The summed E-state index contributed by atoms with van der Waals surface area (Å²) in [5, 5.41) is 1.03. The minimum atomic E-state index is -0.170. The number of fused-ring (bicyclic) bond motifs is 1. The van der Waals surface area contributed by atoms with Crippen LogP contribution in [0.25, 0.3) is 10.9 Å². The average molecular weight is 228 g/mol. The van der Waals surface area contributed by atoms with Crippen molar-refractivity contribution in [3.05, 3.63) is 34.2 Å². The van der Waals surface area contributed by atoms with E-state index in [1.807, 2.05) is 6.07 Å². The number of rotatable bonds is 0. The smallest absolute Gasteiger partial charge is 0.128 e. The Morgan fingerprint density at radius 2 is 2.17 bits per heavy atom. The standard InChI is InChI=1S/C9H7BrFN/c1-5-7(11)3-2-6-4-8(10)12-9(5)6/h2-4,12H,1H3. The number of benzene rings is 1. The van der Waals surface area contributed by atoms with Crippen LogP contribution in [0.4, 0.5) is 4.39 Å². The van der Waals surface area contributed by atoms with Gasteiger partial charge in [-0.3, -0.25) is 0 Å². The first-order chi connectivity index (χ1) is 5.68. The van der Waals surface area contributed by atoms with E-state index in [2.05, 4.69) is 20.9 Å². The summed E-state index contributed by atoms with van der Waals surface area (Å²) in [6.45, 7) is 1.76. The Morgan fingerprint density at radius 3 is 2.92 bits per heavy atom. The highest BCUT2D eigenvalue weighted by atomic mass is 79.9. The van der Waals surface area contributed by atoms with E-state index in [-0.39, 0.29) is 5.82 Å². The number of aromatic amines is 1. The molecule has 0 aliphatic heterocycles. The molecule has 1 aromatic heterocycles. The fourth-order valence-electron chi connectivity index (χ4n) is 1.29. The maximum atomic E-state index is 13.0. The van der Waals surface area contributed by atoms with Crippen molar-refractivity contribution in [2.75, 3.05) is 0 Å². The van der Waals surface area contributed by atoms with Gasteiger partial charge in [-0.25, -0.2) is 4.39 Å².